The Morgan fingerprint density at radius 3 is 2.63 bits per heavy atom. The van der Waals surface area contributed by atoms with E-state index in [0.29, 0.717) is 17.2 Å². The zero-order valence-corrected chi connectivity index (χ0v) is 22.6. The fourth-order valence-electron chi connectivity index (χ4n) is 6.25. The lowest BCUT2D eigenvalue weighted by Crippen LogP contribution is -2.56. The molecule has 0 spiro atoms. The highest BCUT2D eigenvalue weighted by molar-refractivity contribution is 6.29. The van der Waals surface area contributed by atoms with Crippen LogP contribution in [0, 0.1) is 35.5 Å². The van der Waals surface area contributed by atoms with Gasteiger partial charge in [0.15, 0.2) is 0 Å². The van der Waals surface area contributed by atoms with Crippen LogP contribution in [0.15, 0.2) is 23.8 Å². The van der Waals surface area contributed by atoms with Gasteiger partial charge in [-0.15, -0.1) is 0 Å². The molecule has 4 rings (SSSR count). The number of hydroxylamine groups is 1. The van der Waals surface area contributed by atoms with E-state index in [1.807, 2.05) is 6.08 Å². The van der Waals surface area contributed by atoms with E-state index >= 15 is 0 Å². The summed E-state index contributed by atoms with van der Waals surface area (Å²) in [7, 11) is 0. The van der Waals surface area contributed by atoms with Gasteiger partial charge in [0.05, 0.1) is 18.3 Å². The normalized spacial score (nSPS) is 37.3. The second kappa shape index (κ2) is 12.6. The number of rotatable bonds is 11. The molecule has 5 nitrogen and oxygen atoms in total. The molecule has 2 heterocycles. The Bertz CT molecular complexity index is 801. The van der Waals surface area contributed by atoms with Crippen molar-refractivity contribution >= 4 is 11.6 Å². The van der Waals surface area contributed by atoms with Gasteiger partial charge in [0.1, 0.15) is 6.10 Å². The third kappa shape index (κ3) is 6.53. The summed E-state index contributed by atoms with van der Waals surface area (Å²) in [6, 6.07) is 0.733. The average Bonchev–Trinajstić information content (AvgIpc) is 3.26. The molecule has 2 aliphatic carbocycles. The molecule has 0 radical (unpaired) electrons. The summed E-state index contributed by atoms with van der Waals surface area (Å²) >= 11 is 6.57. The Hall–Kier alpha value is -0.870. The average molecular weight is 505 g/mol. The molecule has 35 heavy (non-hydrogen) atoms. The molecule has 0 aromatic rings. The Kier molecular flexibility index (Phi) is 9.77. The van der Waals surface area contributed by atoms with Crippen LogP contribution in [0.4, 0.5) is 0 Å². The molecular formula is C29H45ClN2O3. The number of likely N-dealkylation sites (tertiary alicyclic amines) is 1. The van der Waals surface area contributed by atoms with Crippen LogP contribution in [-0.4, -0.2) is 59.6 Å². The van der Waals surface area contributed by atoms with Gasteiger partial charge in [-0.3, -0.25) is 9.74 Å². The first-order valence-electron chi connectivity index (χ1n) is 13.9. The van der Waals surface area contributed by atoms with Crippen molar-refractivity contribution in [1.82, 2.24) is 10.4 Å². The van der Waals surface area contributed by atoms with Gasteiger partial charge >= 0.3 is 0 Å². The van der Waals surface area contributed by atoms with Crippen LogP contribution >= 0.6 is 11.6 Å². The summed E-state index contributed by atoms with van der Waals surface area (Å²) < 4.78 is 6.35. The Morgan fingerprint density at radius 1 is 1.23 bits per heavy atom. The number of hydrogen-bond donors (Lipinski definition) is 2. The lowest BCUT2D eigenvalue weighted by atomic mass is 9.70. The van der Waals surface area contributed by atoms with Crippen molar-refractivity contribution < 1.29 is 14.7 Å². The summed E-state index contributed by atoms with van der Waals surface area (Å²) in [5.74, 6) is 7.98. The highest BCUT2D eigenvalue weighted by Crippen LogP contribution is 2.43. The van der Waals surface area contributed by atoms with Crippen LogP contribution in [0.1, 0.15) is 72.1 Å². The third-order valence-electron chi connectivity index (χ3n) is 8.72. The number of unbranched alkanes of at least 4 members (excludes halogenated alkanes) is 1. The zero-order chi connectivity index (χ0) is 24.9. The first kappa shape index (κ1) is 27.2. The van der Waals surface area contributed by atoms with Crippen LogP contribution in [-0.2, 0) is 9.57 Å². The van der Waals surface area contributed by atoms with Crippen molar-refractivity contribution in [2.24, 2.45) is 23.7 Å². The molecule has 2 aliphatic heterocycles. The van der Waals surface area contributed by atoms with Crippen LogP contribution in [0.5, 0.6) is 0 Å². The SMILES string of the molecule is C=C(Cl)[C@@H](CCCC)C1NOC([C@H]2C=C[C@@H](O)CC2)[C@@H]1[C@H]1C#C[C@@H](OC2CN(C(C)CC)C2)CC1. The summed E-state index contributed by atoms with van der Waals surface area (Å²) in [4.78, 5) is 8.78. The number of aliphatic hydroxyl groups is 1. The quantitative estimate of drug-likeness (QED) is 0.305. The lowest BCUT2D eigenvalue weighted by Gasteiger charge is -2.44. The van der Waals surface area contributed by atoms with Crippen molar-refractivity contribution in [2.75, 3.05) is 13.1 Å². The van der Waals surface area contributed by atoms with Crippen molar-refractivity contribution in [3.8, 4) is 11.8 Å². The highest BCUT2D eigenvalue weighted by atomic mass is 35.5. The number of nitrogens with zero attached hydrogens (tertiary/aromatic N) is 1. The maximum Gasteiger partial charge on any atom is 0.118 e. The molecule has 0 saturated carbocycles. The van der Waals surface area contributed by atoms with E-state index in [4.69, 9.17) is 21.2 Å². The van der Waals surface area contributed by atoms with Crippen molar-refractivity contribution in [3.05, 3.63) is 23.8 Å². The van der Waals surface area contributed by atoms with Crippen LogP contribution in [0.2, 0.25) is 0 Å². The van der Waals surface area contributed by atoms with E-state index in [9.17, 15) is 5.11 Å². The predicted octanol–water partition coefficient (Wildman–Crippen LogP) is 5.04. The maximum absolute atomic E-state index is 9.97. The summed E-state index contributed by atoms with van der Waals surface area (Å²) in [5.41, 5.74) is 3.39. The van der Waals surface area contributed by atoms with E-state index in [0.717, 1.165) is 58.0 Å². The molecule has 0 aromatic heterocycles. The minimum absolute atomic E-state index is 0.0244. The smallest absolute Gasteiger partial charge is 0.118 e. The fraction of sp³-hybridized carbons (Fsp3) is 0.793. The van der Waals surface area contributed by atoms with E-state index in [-0.39, 0.29) is 48.0 Å². The molecule has 2 saturated heterocycles. The molecule has 3 unspecified atom stereocenters. The van der Waals surface area contributed by atoms with Crippen LogP contribution < -0.4 is 5.48 Å². The molecule has 196 valence electrons. The molecule has 0 amide bonds. The summed E-state index contributed by atoms with van der Waals surface area (Å²) in [6.45, 7) is 12.9. The Labute approximate surface area is 217 Å². The minimum atomic E-state index is -0.343. The van der Waals surface area contributed by atoms with Gasteiger partial charge in [0.2, 0.25) is 0 Å². The predicted molar refractivity (Wildman–Crippen MR) is 142 cm³/mol. The van der Waals surface area contributed by atoms with Crippen LogP contribution in [0.3, 0.4) is 0 Å². The molecular weight excluding hydrogens is 460 g/mol. The fourth-order valence-corrected chi connectivity index (χ4v) is 6.49. The molecule has 6 heteroatoms. The first-order valence-corrected chi connectivity index (χ1v) is 14.3. The second-order valence-electron chi connectivity index (χ2n) is 11.1. The standard InChI is InChI=1S/C29H45ClN2O3/c1-5-7-8-26(20(4)30)28-27(29(35-31-28)22-9-13-23(33)14-10-22)21-11-15-24(16-12-21)34-25-17-32(18-25)19(3)6-2/h9,13,19,21-29,31,33H,4-8,10-11,14-15,17-18H2,1-3H3/t19?,21-,22+,23-,24+,26-,27-,28?,29?/m1/s1. The van der Waals surface area contributed by atoms with Gasteiger partial charge in [0.25, 0.3) is 0 Å². The number of ether oxygens (including phenoxy) is 1. The largest absolute Gasteiger partial charge is 0.389 e. The van der Waals surface area contributed by atoms with Crippen molar-refractivity contribution in [1.29, 1.82) is 0 Å². The number of aliphatic hydroxyl groups excluding tert-OH is 1. The molecule has 9 atom stereocenters. The summed E-state index contributed by atoms with van der Waals surface area (Å²) in [5, 5.41) is 10.7. The molecule has 2 N–H and O–H groups in total. The number of halogens is 1. The van der Waals surface area contributed by atoms with Gasteiger partial charge in [-0.05, 0) is 45.4 Å². The van der Waals surface area contributed by atoms with Crippen molar-refractivity contribution in [2.45, 2.75) is 109 Å². The minimum Gasteiger partial charge on any atom is -0.389 e. The third-order valence-corrected chi connectivity index (χ3v) is 9.00. The van der Waals surface area contributed by atoms with Gasteiger partial charge in [-0.1, -0.05) is 68.9 Å². The number of hydrogen-bond acceptors (Lipinski definition) is 5. The first-order chi connectivity index (χ1) is 16.9. The van der Waals surface area contributed by atoms with Crippen LogP contribution in [0.25, 0.3) is 0 Å². The van der Waals surface area contributed by atoms with E-state index < -0.39 is 0 Å². The molecule has 0 bridgehead atoms. The van der Waals surface area contributed by atoms with Gasteiger partial charge in [-0.25, -0.2) is 0 Å². The topological polar surface area (TPSA) is 54.0 Å². The van der Waals surface area contributed by atoms with Crippen molar-refractivity contribution in [3.63, 3.8) is 0 Å². The Morgan fingerprint density at radius 2 is 2.03 bits per heavy atom. The van der Waals surface area contributed by atoms with Gasteiger partial charge < -0.3 is 9.84 Å². The lowest BCUT2D eigenvalue weighted by molar-refractivity contribution is -0.0913. The highest BCUT2D eigenvalue weighted by Gasteiger charge is 2.49. The van der Waals surface area contributed by atoms with E-state index in [1.165, 1.54) is 6.42 Å². The zero-order valence-electron chi connectivity index (χ0n) is 21.8. The summed E-state index contributed by atoms with van der Waals surface area (Å²) in [6.07, 6.45) is 12.2. The van der Waals surface area contributed by atoms with Gasteiger partial charge in [0, 0.05) is 53.9 Å². The molecule has 0 aromatic carbocycles. The monoisotopic (exact) mass is 504 g/mol. The molecule has 4 aliphatic rings. The van der Waals surface area contributed by atoms with E-state index in [1.54, 1.807) is 0 Å². The number of nitrogens with one attached hydrogen (secondary N) is 1. The second-order valence-corrected chi connectivity index (χ2v) is 11.6. The maximum atomic E-state index is 9.97. The van der Waals surface area contributed by atoms with E-state index in [2.05, 4.69) is 55.6 Å². The van der Waals surface area contributed by atoms with Gasteiger partial charge in [-0.2, -0.15) is 5.48 Å². The Balaban J connectivity index is 1.46. The molecule has 2 fully saturated rings.